The Morgan fingerprint density at radius 3 is 3.00 bits per heavy atom. The molecule has 6 heteroatoms. The zero-order valence-corrected chi connectivity index (χ0v) is 9.14. The summed E-state index contributed by atoms with van der Waals surface area (Å²) in [4.78, 5) is 1.91. The first-order valence-electron chi connectivity index (χ1n) is 5.13. The van der Waals surface area contributed by atoms with Crippen LogP contribution in [-0.2, 0) is 0 Å². The number of nitrogen functional groups attached to an aromatic ring is 1. The molecule has 1 aliphatic rings. The lowest BCUT2D eigenvalue weighted by Crippen LogP contribution is -2.31. The third kappa shape index (κ3) is 1.96. The highest BCUT2D eigenvalue weighted by molar-refractivity contribution is 5.99. The van der Waals surface area contributed by atoms with E-state index in [0.717, 1.165) is 0 Å². The summed E-state index contributed by atoms with van der Waals surface area (Å²) in [6.07, 6.45) is 2.19. The molecule has 1 fully saturated rings. The molecule has 0 aliphatic carbocycles. The van der Waals surface area contributed by atoms with E-state index in [-0.39, 0.29) is 5.84 Å². The van der Waals surface area contributed by atoms with Gasteiger partial charge in [0.1, 0.15) is 5.84 Å². The molecule has 4 N–H and O–H groups in total. The van der Waals surface area contributed by atoms with E-state index in [0.29, 0.717) is 30.9 Å². The van der Waals surface area contributed by atoms with Gasteiger partial charge in [0.15, 0.2) is 5.82 Å². The first kappa shape index (κ1) is 10.8. The standard InChI is InChI=1S/C10H15N5O/c1-10(16)3-5-15(6-10)9-7(8(11)12)2-4-13-14-9/h2,4,16H,3,5-6H2,1H3,(H3,11,12). The molecule has 0 amide bonds. The van der Waals surface area contributed by atoms with Crippen LogP contribution in [-0.4, -0.2) is 39.8 Å². The first-order valence-corrected chi connectivity index (χ1v) is 5.13. The number of β-amino-alcohol motifs (C(OH)–C–C–N with tert-alkyl or cyclic N) is 1. The Bertz CT molecular complexity index is 417. The fourth-order valence-electron chi connectivity index (χ4n) is 1.89. The Hall–Kier alpha value is -1.69. The number of anilines is 1. The van der Waals surface area contributed by atoms with E-state index in [9.17, 15) is 5.11 Å². The molecule has 1 aromatic rings. The number of aliphatic hydroxyl groups is 1. The summed E-state index contributed by atoms with van der Waals surface area (Å²) in [6, 6.07) is 1.66. The second-order valence-electron chi connectivity index (χ2n) is 4.35. The minimum Gasteiger partial charge on any atom is -0.388 e. The third-order valence-electron chi connectivity index (χ3n) is 2.74. The number of hydrogen-bond acceptors (Lipinski definition) is 5. The molecular weight excluding hydrogens is 206 g/mol. The molecular formula is C10H15N5O. The Morgan fingerprint density at radius 2 is 2.44 bits per heavy atom. The van der Waals surface area contributed by atoms with Gasteiger partial charge in [-0.15, -0.1) is 5.10 Å². The molecule has 2 rings (SSSR count). The van der Waals surface area contributed by atoms with E-state index in [1.807, 2.05) is 4.90 Å². The van der Waals surface area contributed by atoms with Crippen LogP contribution in [0, 0.1) is 5.41 Å². The maximum absolute atomic E-state index is 9.88. The van der Waals surface area contributed by atoms with Crippen LogP contribution < -0.4 is 10.6 Å². The molecule has 1 aliphatic heterocycles. The lowest BCUT2D eigenvalue weighted by atomic mass is 10.1. The number of nitrogens with two attached hydrogens (primary N) is 1. The lowest BCUT2D eigenvalue weighted by molar-refractivity contribution is 0.0839. The van der Waals surface area contributed by atoms with Crippen LogP contribution in [0.25, 0.3) is 0 Å². The minimum atomic E-state index is -0.703. The quantitative estimate of drug-likeness (QED) is 0.471. The summed E-state index contributed by atoms with van der Waals surface area (Å²) in [5, 5.41) is 25.1. The molecule has 1 saturated heterocycles. The highest BCUT2D eigenvalue weighted by atomic mass is 16.3. The Balaban J connectivity index is 2.31. The molecule has 1 aromatic heterocycles. The van der Waals surface area contributed by atoms with Crippen molar-refractivity contribution in [2.75, 3.05) is 18.0 Å². The van der Waals surface area contributed by atoms with Gasteiger partial charge in [-0.2, -0.15) is 5.10 Å². The maximum atomic E-state index is 9.88. The van der Waals surface area contributed by atoms with Gasteiger partial charge in [0.2, 0.25) is 0 Å². The first-order chi connectivity index (χ1) is 7.49. The van der Waals surface area contributed by atoms with Crippen molar-refractivity contribution in [3.63, 3.8) is 0 Å². The van der Waals surface area contributed by atoms with Crippen LogP contribution in [0.3, 0.4) is 0 Å². The summed E-state index contributed by atoms with van der Waals surface area (Å²) in [5.41, 5.74) is 5.34. The molecule has 86 valence electrons. The predicted molar refractivity (Wildman–Crippen MR) is 60.5 cm³/mol. The van der Waals surface area contributed by atoms with Crippen LogP contribution >= 0.6 is 0 Å². The average Bonchev–Trinajstić information content (AvgIpc) is 2.59. The molecule has 0 bridgehead atoms. The summed E-state index contributed by atoms with van der Waals surface area (Å²) >= 11 is 0. The average molecular weight is 221 g/mol. The molecule has 1 unspecified atom stereocenters. The smallest absolute Gasteiger partial charge is 0.162 e. The largest absolute Gasteiger partial charge is 0.388 e. The lowest BCUT2D eigenvalue weighted by Gasteiger charge is -2.21. The fourth-order valence-corrected chi connectivity index (χ4v) is 1.89. The summed E-state index contributed by atoms with van der Waals surface area (Å²) < 4.78 is 0. The van der Waals surface area contributed by atoms with Crippen LogP contribution in [0.5, 0.6) is 0 Å². The maximum Gasteiger partial charge on any atom is 0.162 e. The van der Waals surface area contributed by atoms with Crippen LogP contribution in [0.4, 0.5) is 5.82 Å². The van der Waals surface area contributed by atoms with Crippen molar-refractivity contribution in [1.29, 1.82) is 5.41 Å². The summed E-state index contributed by atoms with van der Waals surface area (Å²) in [5.74, 6) is 0.546. The van der Waals surface area contributed by atoms with Gasteiger partial charge in [-0.25, -0.2) is 0 Å². The zero-order valence-electron chi connectivity index (χ0n) is 9.14. The fraction of sp³-hybridized carbons (Fsp3) is 0.500. The van der Waals surface area contributed by atoms with Gasteiger partial charge in [-0.3, -0.25) is 5.41 Å². The van der Waals surface area contributed by atoms with E-state index >= 15 is 0 Å². The molecule has 0 aromatic carbocycles. The molecule has 1 atom stereocenters. The third-order valence-corrected chi connectivity index (χ3v) is 2.74. The molecule has 2 heterocycles. The van der Waals surface area contributed by atoms with Gasteiger partial charge >= 0.3 is 0 Å². The topological polar surface area (TPSA) is 99.1 Å². The summed E-state index contributed by atoms with van der Waals surface area (Å²) in [7, 11) is 0. The van der Waals surface area contributed by atoms with Crippen molar-refractivity contribution in [2.45, 2.75) is 18.9 Å². The van der Waals surface area contributed by atoms with E-state index < -0.39 is 5.60 Å². The predicted octanol–water partition coefficient (Wildman–Crippen LogP) is -0.278. The van der Waals surface area contributed by atoms with Crippen LogP contribution in [0.1, 0.15) is 18.9 Å². The molecule has 0 spiro atoms. The van der Waals surface area contributed by atoms with Gasteiger partial charge in [-0.05, 0) is 19.4 Å². The van der Waals surface area contributed by atoms with Gasteiger partial charge in [0.25, 0.3) is 0 Å². The molecule has 16 heavy (non-hydrogen) atoms. The van der Waals surface area contributed by atoms with Crippen LogP contribution in [0.15, 0.2) is 12.3 Å². The van der Waals surface area contributed by atoms with E-state index in [2.05, 4.69) is 10.2 Å². The van der Waals surface area contributed by atoms with E-state index in [1.165, 1.54) is 6.20 Å². The van der Waals surface area contributed by atoms with Crippen molar-refractivity contribution in [2.24, 2.45) is 5.73 Å². The number of amidine groups is 1. The second-order valence-corrected chi connectivity index (χ2v) is 4.35. The monoisotopic (exact) mass is 221 g/mol. The van der Waals surface area contributed by atoms with Crippen molar-refractivity contribution in [1.82, 2.24) is 10.2 Å². The Kier molecular flexibility index (Phi) is 2.51. The van der Waals surface area contributed by atoms with Gasteiger partial charge in [-0.1, -0.05) is 0 Å². The van der Waals surface area contributed by atoms with E-state index in [1.54, 1.807) is 13.0 Å². The van der Waals surface area contributed by atoms with Crippen molar-refractivity contribution >= 4 is 11.7 Å². The highest BCUT2D eigenvalue weighted by Crippen LogP contribution is 2.26. The minimum absolute atomic E-state index is 0.0311. The van der Waals surface area contributed by atoms with Gasteiger partial charge in [0.05, 0.1) is 17.4 Å². The van der Waals surface area contributed by atoms with Crippen molar-refractivity contribution in [3.8, 4) is 0 Å². The Labute approximate surface area is 93.6 Å². The Morgan fingerprint density at radius 1 is 1.69 bits per heavy atom. The SMILES string of the molecule is CC1(O)CCN(c2nnccc2C(=N)N)C1. The number of aromatic nitrogens is 2. The second kappa shape index (κ2) is 3.71. The number of nitrogens with zero attached hydrogens (tertiary/aromatic N) is 3. The van der Waals surface area contributed by atoms with E-state index in [4.69, 9.17) is 11.1 Å². The zero-order chi connectivity index (χ0) is 11.8. The molecule has 0 saturated carbocycles. The van der Waals surface area contributed by atoms with Crippen LogP contribution in [0.2, 0.25) is 0 Å². The number of hydrogen-bond donors (Lipinski definition) is 3. The van der Waals surface area contributed by atoms with Gasteiger partial charge in [0, 0.05) is 13.1 Å². The van der Waals surface area contributed by atoms with Gasteiger partial charge < -0.3 is 15.7 Å². The molecule has 0 radical (unpaired) electrons. The highest BCUT2D eigenvalue weighted by Gasteiger charge is 2.33. The van der Waals surface area contributed by atoms with Crippen molar-refractivity contribution < 1.29 is 5.11 Å². The summed E-state index contributed by atoms with van der Waals surface area (Å²) in [6.45, 7) is 2.98. The number of nitrogens with one attached hydrogen (secondary N) is 1. The number of rotatable bonds is 2. The van der Waals surface area contributed by atoms with Crippen molar-refractivity contribution in [3.05, 3.63) is 17.8 Å². The molecule has 6 nitrogen and oxygen atoms in total. The normalized spacial score (nSPS) is 24.8.